The van der Waals surface area contributed by atoms with Crippen molar-refractivity contribution in [1.82, 2.24) is 4.98 Å². The molecule has 1 atom stereocenters. The van der Waals surface area contributed by atoms with Crippen molar-refractivity contribution in [1.29, 1.82) is 0 Å². The Morgan fingerprint density at radius 3 is 2.04 bits per heavy atom. The number of rotatable bonds is 3. The minimum atomic E-state index is -0.799. The normalized spacial score (nSPS) is 13.7. The van der Waals surface area contributed by atoms with E-state index in [1.165, 1.54) is 0 Å². The Hall–Kier alpha value is -1.87. The molecule has 0 aliphatic rings. The fraction of sp³-hybridized carbons (Fsp3) is 0.522. The fourth-order valence-corrected chi connectivity index (χ4v) is 3.25. The molecule has 2 rings (SSSR count). The van der Waals surface area contributed by atoms with E-state index < -0.39 is 6.10 Å². The molecular formula is C23H33NO2. The molecule has 0 fully saturated rings. The van der Waals surface area contributed by atoms with Crippen molar-refractivity contribution >= 4 is 0 Å². The summed E-state index contributed by atoms with van der Waals surface area (Å²) in [7, 11) is 0. The average Bonchev–Trinajstić information content (AvgIpc) is 2.43. The number of aromatic nitrogens is 1. The molecule has 3 nitrogen and oxygen atoms in total. The van der Waals surface area contributed by atoms with Crippen LogP contribution >= 0.6 is 0 Å². The molecule has 1 aromatic heterocycles. The van der Waals surface area contributed by atoms with Crippen molar-refractivity contribution in [3.8, 4) is 5.75 Å². The summed E-state index contributed by atoms with van der Waals surface area (Å²) in [5.74, 6) is 0.197. The summed E-state index contributed by atoms with van der Waals surface area (Å²) >= 11 is 0. The zero-order chi connectivity index (χ0) is 19.9. The lowest BCUT2D eigenvalue weighted by atomic mass is 9.78. The number of hydrogen-bond donors (Lipinski definition) is 2. The molecule has 1 aromatic carbocycles. The third-order valence-electron chi connectivity index (χ3n) is 4.73. The van der Waals surface area contributed by atoms with E-state index in [2.05, 4.69) is 52.6 Å². The smallest absolute Gasteiger partial charge is 0.125 e. The maximum Gasteiger partial charge on any atom is 0.125 e. The van der Waals surface area contributed by atoms with Crippen LogP contribution in [0.25, 0.3) is 0 Å². The number of nitrogens with zero attached hydrogens (tertiary/aromatic N) is 1. The van der Waals surface area contributed by atoms with Gasteiger partial charge in [-0.15, -0.1) is 0 Å². The molecule has 2 N–H and O–H groups in total. The van der Waals surface area contributed by atoms with Gasteiger partial charge in [-0.05, 0) is 59.6 Å². The first-order chi connectivity index (χ1) is 11.8. The van der Waals surface area contributed by atoms with Gasteiger partial charge in [-0.1, -0.05) is 47.6 Å². The van der Waals surface area contributed by atoms with Crippen LogP contribution in [-0.4, -0.2) is 15.2 Å². The summed E-state index contributed by atoms with van der Waals surface area (Å²) in [4.78, 5) is 4.53. The van der Waals surface area contributed by atoms with Crippen molar-refractivity contribution in [3.63, 3.8) is 0 Å². The van der Waals surface area contributed by atoms with Gasteiger partial charge in [-0.3, -0.25) is 4.98 Å². The number of phenolic OH excluding ortho intramolecular Hbond substituents is 1. The van der Waals surface area contributed by atoms with E-state index in [1.807, 2.05) is 32.0 Å². The Labute approximate surface area is 158 Å². The van der Waals surface area contributed by atoms with Crippen molar-refractivity contribution in [2.24, 2.45) is 0 Å². The molecular weight excluding hydrogens is 322 g/mol. The molecule has 3 heteroatoms. The van der Waals surface area contributed by atoms with Gasteiger partial charge < -0.3 is 10.2 Å². The first-order valence-electron chi connectivity index (χ1n) is 9.29. The van der Waals surface area contributed by atoms with Crippen LogP contribution in [0.5, 0.6) is 5.75 Å². The monoisotopic (exact) mass is 355 g/mol. The van der Waals surface area contributed by atoms with E-state index in [9.17, 15) is 10.2 Å². The summed E-state index contributed by atoms with van der Waals surface area (Å²) in [6.45, 7) is 16.7. The van der Waals surface area contributed by atoms with Crippen LogP contribution in [0.15, 0.2) is 24.3 Å². The van der Waals surface area contributed by atoms with Crippen molar-refractivity contribution in [2.75, 3.05) is 0 Å². The standard InChI is InChI=1S/C23H33NO2/c1-14-9-15(2)24-17(10-14)13-20(25)18-11-16(22(3,4)5)12-19(21(18)26)23(6,7)8/h9-12,20,25-26H,13H2,1-8H3. The Kier molecular flexibility index (Phi) is 5.53. The fourth-order valence-electron chi connectivity index (χ4n) is 3.25. The molecule has 0 amide bonds. The van der Waals surface area contributed by atoms with Crippen LogP contribution in [0.1, 0.15) is 81.3 Å². The van der Waals surface area contributed by atoms with Crippen LogP contribution in [-0.2, 0) is 17.3 Å². The number of aliphatic hydroxyl groups is 1. The largest absolute Gasteiger partial charge is 0.507 e. The molecule has 0 spiro atoms. The zero-order valence-corrected chi connectivity index (χ0v) is 17.4. The number of phenols is 1. The highest BCUT2D eigenvalue weighted by Crippen LogP contribution is 2.40. The average molecular weight is 356 g/mol. The van der Waals surface area contributed by atoms with Gasteiger partial charge >= 0.3 is 0 Å². The van der Waals surface area contributed by atoms with Crippen LogP contribution in [0, 0.1) is 13.8 Å². The third-order valence-corrected chi connectivity index (χ3v) is 4.73. The number of hydrogen-bond acceptors (Lipinski definition) is 3. The summed E-state index contributed by atoms with van der Waals surface area (Å²) in [5, 5.41) is 21.8. The minimum absolute atomic E-state index is 0.0691. The van der Waals surface area contributed by atoms with Gasteiger partial charge in [-0.2, -0.15) is 0 Å². The van der Waals surface area contributed by atoms with E-state index in [1.54, 1.807) is 0 Å². The molecule has 0 aliphatic carbocycles. The molecule has 1 heterocycles. The Balaban J connectivity index is 2.52. The lowest BCUT2D eigenvalue weighted by Gasteiger charge is -2.28. The van der Waals surface area contributed by atoms with Gasteiger partial charge in [-0.25, -0.2) is 0 Å². The van der Waals surface area contributed by atoms with Crippen LogP contribution in [0.3, 0.4) is 0 Å². The predicted octanol–water partition coefficient (Wildman–Crippen LogP) is 5.28. The first-order valence-corrected chi connectivity index (χ1v) is 9.29. The molecule has 2 aromatic rings. The van der Waals surface area contributed by atoms with E-state index >= 15 is 0 Å². The van der Waals surface area contributed by atoms with Crippen molar-refractivity contribution in [3.05, 3.63) is 57.9 Å². The number of aliphatic hydroxyl groups excluding tert-OH is 1. The van der Waals surface area contributed by atoms with Crippen molar-refractivity contribution < 1.29 is 10.2 Å². The van der Waals surface area contributed by atoms with E-state index in [4.69, 9.17) is 0 Å². The summed E-state index contributed by atoms with van der Waals surface area (Å²) in [6.07, 6.45) is -0.417. The highest BCUT2D eigenvalue weighted by molar-refractivity contribution is 5.49. The maximum atomic E-state index is 10.9. The summed E-state index contributed by atoms with van der Waals surface area (Å²) < 4.78 is 0. The molecule has 0 bridgehead atoms. The molecule has 0 radical (unpaired) electrons. The molecule has 142 valence electrons. The minimum Gasteiger partial charge on any atom is -0.507 e. The lowest BCUT2D eigenvalue weighted by molar-refractivity contribution is 0.172. The third kappa shape index (κ3) is 4.64. The van der Waals surface area contributed by atoms with Crippen LogP contribution < -0.4 is 0 Å². The highest BCUT2D eigenvalue weighted by Gasteiger charge is 2.27. The van der Waals surface area contributed by atoms with Crippen LogP contribution in [0.2, 0.25) is 0 Å². The van der Waals surface area contributed by atoms with Gasteiger partial charge in [0.25, 0.3) is 0 Å². The van der Waals surface area contributed by atoms with Crippen LogP contribution in [0.4, 0.5) is 0 Å². The molecule has 1 unspecified atom stereocenters. The molecule has 0 saturated heterocycles. The second kappa shape index (κ2) is 7.03. The lowest BCUT2D eigenvalue weighted by Crippen LogP contribution is -2.18. The second-order valence-corrected chi connectivity index (χ2v) is 9.46. The number of aryl methyl sites for hydroxylation is 2. The van der Waals surface area contributed by atoms with Gasteiger partial charge in [0.2, 0.25) is 0 Å². The quantitative estimate of drug-likeness (QED) is 0.788. The van der Waals surface area contributed by atoms with E-state index in [0.29, 0.717) is 12.0 Å². The summed E-state index contributed by atoms with van der Waals surface area (Å²) in [6, 6.07) is 8.02. The van der Waals surface area contributed by atoms with Gasteiger partial charge in [0.1, 0.15) is 5.75 Å². The molecule has 0 aliphatic heterocycles. The zero-order valence-electron chi connectivity index (χ0n) is 17.4. The van der Waals surface area contributed by atoms with Crippen molar-refractivity contribution in [2.45, 2.75) is 78.7 Å². The second-order valence-electron chi connectivity index (χ2n) is 9.46. The Morgan fingerprint density at radius 1 is 0.923 bits per heavy atom. The maximum absolute atomic E-state index is 10.9. The SMILES string of the molecule is Cc1cc(C)nc(CC(O)c2cc(C(C)(C)C)cc(C(C)(C)C)c2O)c1. The van der Waals surface area contributed by atoms with E-state index in [0.717, 1.165) is 28.1 Å². The Bertz CT molecular complexity index is 775. The topological polar surface area (TPSA) is 53.4 Å². The first kappa shape index (κ1) is 20.4. The molecule has 26 heavy (non-hydrogen) atoms. The van der Waals surface area contributed by atoms with E-state index in [-0.39, 0.29) is 16.6 Å². The molecule has 0 saturated carbocycles. The number of pyridine rings is 1. The summed E-state index contributed by atoms with van der Waals surface area (Å²) in [5.41, 5.74) is 5.20. The Morgan fingerprint density at radius 2 is 1.54 bits per heavy atom. The van der Waals surface area contributed by atoms with Gasteiger partial charge in [0, 0.05) is 23.4 Å². The number of aromatic hydroxyl groups is 1. The highest BCUT2D eigenvalue weighted by atomic mass is 16.3. The predicted molar refractivity (Wildman–Crippen MR) is 108 cm³/mol. The van der Waals surface area contributed by atoms with Gasteiger partial charge in [0.05, 0.1) is 6.10 Å². The van der Waals surface area contributed by atoms with Gasteiger partial charge in [0.15, 0.2) is 0 Å². The number of benzene rings is 1.